The summed E-state index contributed by atoms with van der Waals surface area (Å²) in [4.78, 5) is 2.32. The van der Waals surface area contributed by atoms with Crippen LogP contribution >= 0.6 is 15.9 Å². The SMILES string of the molecule is CC(C)CC(C)N(C)C(C)c1cc(Br)ccc1O. The number of aromatic hydroxyl groups is 1. The highest BCUT2D eigenvalue weighted by atomic mass is 79.9. The minimum Gasteiger partial charge on any atom is -0.508 e. The van der Waals surface area contributed by atoms with Crippen molar-refractivity contribution in [3.05, 3.63) is 28.2 Å². The molecule has 1 rings (SSSR count). The van der Waals surface area contributed by atoms with Gasteiger partial charge in [0.2, 0.25) is 0 Å². The van der Waals surface area contributed by atoms with Crippen molar-refractivity contribution in [1.82, 2.24) is 4.90 Å². The second-order valence-corrected chi connectivity index (χ2v) is 6.44. The van der Waals surface area contributed by atoms with E-state index in [1.165, 1.54) is 0 Å². The van der Waals surface area contributed by atoms with Crippen LogP contribution in [0.15, 0.2) is 22.7 Å². The van der Waals surface area contributed by atoms with Crippen LogP contribution in [-0.2, 0) is 0 Å². The Kier molecular flexibility index (Phi) is 5.67. The number of halogens is 1. The van der Waals surface area contributed by atoms with Crippen molar-refractivity contribution in [3.8, 4) is 5.75 Å². The molecule has 0 heterocycles. The van der Waals surface area contributed by atoms with Crippen LogP contribution < -0.4 is 0 Å². The van der Waals surface area contributed by atoms with Gasteiger partial charge in [-0.2, -0.15) is 0 Å². The number of phenols is 1. The van der Waals surface area contributed by atoms with Gasteiger partial charge in [-0.25, -0.2) is 0 Å². The summed E-state index contributed by atoms with van der Waals surface area (Å²) in [7, 11) is 2.12. The summed E-state index contributed by atoms with van der Waals surface area (Å²) in [6.45, 7) is 8.86. The van der Waals surface area contributed by atoms with Gasteiger partial charge in [-0.15, -0.1) is 0 Å². The van der Waals surface area contributed by atoms with Crippen LogP contribution in [0.2, 0.25) is 0 Å². The molecule has 0 saturated heterocycles. The van der Waals surface area contributed by atoms with E-state index in [0.29, 0.717) is 17.7 Å². The molecule has 0 radical (unpaired) electrons. The number of benzene rings is 1. The molecule has 2 nitrogen and oxygen atoms in total. The Morgan fingerprint density at radius 2 is 1.83 bits per heavy atom. The maximum absolute atomic E-state index is 9.97. The monoisotopic (exact) mass is 313 g/mol. The normalized spacial score (nSPS) is 15.1. The Balaban J connectivity index is 2.85. The molecule has 0 amide bonds. The third kappa shape index (κ3) is 3.99. The van der Waals surface area contributed by atoms with Crippen LogP contribution in [0.1, 0.15) is 45.7 Å². The molecule has 0 aromatic heterocycles. The van der Waals surface area contributed by atoms with Gasteiger partial charge in [0.25, 0.3) is 0 Å². The largest absolute Gasteiger partial charge is 0.508 e. The number of hydrogen-bond acceptors (Lipinski definition) is 2. The zero-order valence-corrected chi connectivity index (χ0v) is 13.5. The predicted molar refractivity (Wildman–Crippen MR) is 80.9 cm³/mol. The van der Waals surface area contributed by atoms with Gasteiger partial charge in [0.15, 0.2) is 0 Å². The van der Waals surface area contributed by atoms with Crippen molar-refractivity contribution in [2.75, 3.05) is 7.05 Å². The Labute approximate surface area is 119 Å². The second-order valence-electron chi connectivity index (χ2n) is 5.52. The fourth-order valence-corrected chi connectivity index (χ4v) is 2.69. The van der Waals surface area contributed by atoms with Crippen LogP contribution in [0.25, 0.3) is 0 Å². The molecule has 0 aliphatic heterocycles. The van der Waals surface area contributed by atoms with Gasteiger partial charge >= 0.3 is 0 Å². The highest BCUT2D eigenvalue weighted by Gasteiger charge is 2.20. The topological polar surface area (TPSA) is 23.5 Å². The molecule has 0 aliphatic carbocycles. The fraction of sp³-hybridized carbons (Fsp3) is 0.600. The van der Waals surface area contributed by atoms with Gasteiger partial charge in [-0.05, 0) is 51.4 Å². The molecular formula is C15H24BrNO. The maximum Gasteiger partial charge on any atom is 0.120 e. The average molecular weight is 314 g/mol. The first-order valence-corrected chi connectivity index (χ1v) is 7.32. The van der Waals surface area contributed by atoms with Gasteiger partial charge in [0.05, 0.1) is 0 Å². The van der Waals surface area contributed by atoms with Crippen molar-refractivity contribution in [3.63, 3.8) is 0 Å². The van der Waals surface area contributed by atoms with E-state index in [-0.39, 0.29) is 6.04 Å². The summed E-state index contributed by atoms with van der Waals surface area (Å²) in [5.74, 6) is 1.06. The van der Waals surface area contributed by atoms with E-state index >= 15 is 0 Å². The van der Waals surface area contributed by atoms with Crippen molar-refractivity contribution >= 4 is 15.9 Å². The number of phenolic OH excluding ortho intramolecular Hbond substituents is 1. The van der Waals surface area contributed by atoms with E-state index in [9.17, 15) is 5.11 Å². The summed E-state index contributed by atoms with van der Waals surface area (Å²) in [5.41, 5.74) is 0.975. The van der Waals surface area contributed by atoms with Crippen LogP contribution in [0.3, 0.4) is 0 Å². The van der Waals surface area contributed by atoms with Gasteiger partial charge in [0.1, 0.15) is 5.75 Å². The van der Waals surface area contributed by atoms with E-state index in [1.807, 2.05) is 12.1 Å². The Hall–Kier alpha value is -0.540. The van der Waals surface area contributed by atoms with Crippen LogP contribution in [0.4, 0.5) is 0 Å². The summed E-state index contributed by atoms with van der Waals surface area (Å²) in [6, 6.07) is 6.31. The average Bonchev–Trinajstić information content (AvgIpc) is 2.29. The lowest BCUT2D eigenvalue weighted by Gasteiger charge is -2.32. The Morgan fingerprint density at radius 1 is 1.22 bits per heavy atom. The molecule has 0 fully saturated rings. The molecular weight excluding hydrogens is 290 g/mol. The van der Waals surface area contributed by atoms with E-state index in [2.05, 4.69) is 55.6 Å². The molecule has 2 atom stereocenters. The lowest BCUT2D eigenvalue weighted by atomic mass is 10.00. The van der Waals surface area contributed by atoms with E-state index in [0.717, 1.165) is 16.5 Å². The van der Waals surface area contributed by atoms with E-state index in [1.54, 1.807) is 6.07 Å². The molecule has 0 saturated carbocycles. The van der Waals surface area contributed by atoms with Crippen LogP contribution in [0.5, 0.6) is 5.75 Å². The molecule has 102 valence electrons. The lowest BCUT2D eigenvalue weighted by Crippen LogP contribution is -2.32. The summed E-state index contributed by atoms with van der Waals surface area (Å²) >= 11 is 3.46. The fourth-order valence-electron chi connectivity index (χ4n) is 2.31. The first-order chi connectivity index (χ1) is 8.32. The maximum atomic E-state index is 9.97. The summed E-state index contributed by atoms with van der Waals surface area (Å²) < 4.78 is 1.01. The second kappa shape index (κ2) is 6.58. The highest BCUT2D eigenvalue weighted by molar-refractivity contribution is 9.10. The van der Waals surface area contributed by atoms with Crippen molar-refractivity contribution in [2.24, 2.45) is 5.92 Å². The molecule has 1 N–H and O–H groups in total. The molecule has 1 aromatic rings. The number of rotatable bonds is 5. The van der Waals surface area contributed by atoms with Crippen molar-refractivity contribution < 1.29 is 5.11 Å². The Morgan fingerprint density at radius 3 is 2.39 bits per heavy atom. The number of hydrogen-bond donors (Lipinski definition) is 1. The zero-order chi connectivity index (χ0) is 13.9. The zero-order valence-electron chi connectivity index (χ0n) is 11.9. The van der Waals surface area contributed by atoms with Crippen molar-refractivity contribution in [1.29, 1.82) is 0 Å². The lowest BCUT2D eigenvalue weighted by molar-refractivity contribution is 0.173. The van der Waals surface area contributed by atoms with Gasteiger partial charge in [-0.1, -0.05) is 29.8 Å². The Bertz CT molecular complexity index is 392. The van der Waals surface area contributed by atoms with E-state index in [4.69, 9.17) is 0 Å². The van der Waals surface area contributed by atoms with Crippen molar-refractivity contribution in [2.45, 2.75) is 46.2 Å². The summed E-state index contributed by atoms with van der Waals surface area (Å²) in [5, 5.41) is 9.97. The predicted octanol–water partition coefficient (Wildman–Crippen LogP) is 4.58. The molecule has 2 unspecified atom stereocenters. The molecule has 18 heavy (non-hydrogen) atoms. The first-order valence-electron chi connectivity index (χ1n) is 6.53. The standard InChI is InChI=1S/C15H24BrNO/c1-10(2)8-11(3)17(5)12(4)14-9-13(16)6-7-15(14)18/h6-7,9-12,18H,8H2,1-5H3. The molecule has 0 spiro atoms. The minimum absolute atomic E-state index is 0.205. The first kappa shape index (κ1) is 15.5. The van der Waals surface area contributed by atoms with Crippen LogP contribution in [-0.4, -0.2) is 23.1 Å². The van der Waals surface area contributed by atoms with Gasteiger partial charge in [0, 0.05) is 22.1 Å². The third-order valence-electron chi connectivity index (χ3n) is 3.56. The summed E-state index contributed by atoms with van der Waals surface area (Å²) in [6.07, 6.45) is 1.16. The number of nitrogens with zero attached hydrogens (tertiary/aromatic N) is 1. The molecule has 3 heteroatoms. The molecule has 1 aromatic carbocycles. The quantitative estimate of drug-likeness (QED) is 0.860. The third-order valence-corrected chi connectivity index (χ3v) is 4.05. The smallest absolute Gasteiger partial charge is 0.120 e. The minimum atomic E-state index is 0.205. The van der Waals surface area contributed by atoms with Crippen LogP contribution in [0, 0.1) is 5.92 Å². The van der Waals surface area contributed by atoms with Gasteiger partial charge < -0.3 is 5.11 Å². The molecule has 0 bridgehead atoms. The van der Waals surface area contributed by atoms with E-state index < -0.39 is 0 Å². The van der Waals surface area contributed by atoms with Gasteiger partial charge in [-0.3, -0.25) is 4.90 Å². The highest BCUT2D eigenvalue weighted by Crippen LogP contribution is 2.31. The molecule has 0 aliphatic rings.